The molecule has 1 aliphatic rings. The number of amides is 5. The Morgan fingerprint density at radius 3 is 2.17 bits per heavy atom. The van der Waals surface area contributed by atoms with Gasteiger partial charge in [0.05, 0.1) is 11.4 Å². The van der Waals surface area contributed by atoms with Crippen molar-refractivity contribution in [1.82, 2.24) is 5.32 Å². The Morgan fingerprint density at radius 2 is 1.57 bits per heavy atom. The summed E-state index contributed by atoms with van der Waals surface area (Å²) in [7, 11) is 0. The maximum Gasteiger partial charge on any atom is 0.573 e. The number of rotatable bonds is 9. The molecule has 1 aliphatic heterocycles. The first kappa shape index (κ1) is 34.2. The first-order valence-corrected chi connectivity index (χ1v) is 14.4. The smallest absolute Gasteiger partial charge is 0.482 e. The molecule has 1 heterocycles. The molecule has 0 aromatic heterocycles. The van der Waals surface area contributed by atoms with Crippen LogP contribution in [0.5, 0.6) is 11.5 Å². The first-order valence-electron chi connectivity index (χ1n) is 13.0. The molecule has 0 atom stereocenters. The number of hydrogen-bond acceptors (Lipinski definition) is 6. The van der Waals surface area contributed by atoms with Crippen LogP contribution in [0, 0.1) is 0 Å². The van der Waals surface area contributed by atoms with E-state index in [0.29, 0.717) is 12.1 Å². The van der Waals surface area contributed by atoms with Crippen LogP contribution in [-0.4, -0.2) is 54.6 Å². The van der Waals surface area contributed by atoms with Gasteiger partial charge in [0, 0.05) is 22.9 Å². The Morgan fingerprint density at radius 1 is 0.935 bits per heavy atom. The minimum absolute atomic E-state index is 0.0686. The van der Waals surface area contributed by atoms with Crippen LogP contribution >= 0.6 is 23.4 Å². The molecule has 0 radical (unpaired) electrons. The molecule has 10 nitrogen and oxygen atoms in total. The number of carbonyl (C=O) groups is 3. The minimum Gasteiger partial charge on any atom is -0.482 e. The molecule has 0 spiro atoms. The summed E-state index contributed by atoms with van der Waals surface area (Å²) in [6.07, 6.45) is -9.10. The number of carbonyl (C=O) groups excluding carboxylic acids is 3. The molecule has 0 aliphatic carbocycles. The van der Waals surface area contributed by atoms with E-state index in [2.05, 4.69) is 25.7 Å². The van der Waals surface area contributed by atoms with Gasteiger partial charge in [-0.3, -0.25) is 9.69 Å². The lowest BCUT2D eigenvalue weighted by Gasteiger charge is -2.20. The number of hydrogen-bond donors (Lipinski definition) is 3. The topological polar surface area (TPSA) is 121 Å². The largest absolute Gasteiger partial charge is 0.573 e. The number of alkyl halides is 6. The third-order valence-corrected chi connectivity index (χ3v) is 6.92. The first-order chi connectivity index (χ1) is 21.6. The van der Waals surface area contributed by atoms with E-state index in [0.717, 1.165) is 34.4 Å². The summed E-state index contributed by atoms with van der Waals surface area (Å²) in [6.45, 7) is -1.47. The van der Waals surface area contributed by atoms with E-state index in [-0.39, 0.29) is 39.6 Å². The van der Waals surface area contributed by atoms with Crippen LogP contribution in [0.3, 0.4) is 0 Å². The van der Waals surface area contributed by atoms with Crippen LogP contribution in [0.2, 0.25) is 5.02 Å². The second-order valence-corrected chi connectivity index (χ2v) is 10.6. The molecule has 1 fully saturated rings. The quantitative estimate of drug-likeness (QED) is 0.204. The molecule has 3 aromatic carbocycles. The van der Waals surface area contributed by atoms with Crippen LogP contribution < -0.4 is 30.3 Å². The maximum atomic E-state index is 12.7. The number of ether oxygens (including phenoxy) is 2. The van der Waals surface area contributed by atoms with Gasteiger partial charge in [-0.05, 0) is 66.6 Å². The summed E-state index contributed by atoms with van der Waals surface area (Å²) in [6, 6.07) is 13.4. The number of urea groups is 2. The van der Waals surface area contributed by atoms with Gasteiger partial charge >= 0.3 is 24.6 Å². The fourth-order valence-electron chi connectivity index (χ4n) is 3.86. The van der Waals surface area contributed by atoms with Crippen molar-refractivity contribution < 1.29 is 50.2 Å². The van der Waals surface area contributed by atoms with Gasteiger partial charge in [-0.15, -0.1) is 13.2 Å². The molecule has 0 saturated carbocycles. The van der Waals surface area contributed by atoms with E-state index >= 15 is 0 Å². The van der Waals surface area contributed by atoms with Gasteiger partial charge in [-0.2, -0.15) is 18.2 Å². The number of nitrogens with one attached hydrogen (secondary N) is 3. The standard InChI is InChI=1S/C28H22ClF6N5O5S/c29-17-3-10-22(44-15-27(30,31)32)21(13-17)40-23(41)14-46-26(40)39-24(42)36-12-11-16-1-4-18(5-2-16)37-25(43)38-19-6-8-20(9-7-19)45-28(33,34)35/h1-10,13H,11-12,14-15H2,(H,36,42)(H2,37,38,43)/b39-26-. The Bertz CT molecular complexity index is 1600. The molecule has 46 heavy (non-hydrogen) atoms. The van der Waals surface area contributed by atoms with Gasteiger partial charge in [0.25, 0.3) is 0 Å². The lowest BCUT2D eigenvalue weighted by Crippen LogP contribution is -2.32. The molecule has 5 amide bonds. The van der Waals surface area contributed by atoms with Crippen molar-refractivity contribution in [3.8, 4) is 11.5 Å². The van der Waals surface area contributed by atoms with E-state index < -0.39 is 42.9 Å². The van der Waals surface area contributed by atoms with Crippen LogP contribution in [0.25, 0.3) is 0 Å². The average molecular weight is 690 g/mol. The lowest BCUT2D eigenvalue weighted by molar-refractivity contribution is -0.274. The van der Waals surface area contributed by atoms with Gasteiger partial charge in [0.15, 0.2) is 11.8 Å². The van der Waals surface area contributed by atoms with E-state index in [1.807, 2.05) is 0 Å². The summed E-state index contributed by atoms with van der Waals surface area (Å²) in [5, 5.41) is 7.67. The fourth-order valence-corrected chi connectivity index (χ4v) is 4.88. The second-order valence-electron chi connectivity index (χ2n) is 9.26. The molecule has 1 saturated heterocycles. The normalized spacial score (nSPS) is 14.3. The summed E-state index contributed by atoms with van der Waals surface area (Å²) in [5.41, 5.74) is 1.33. The van der Waals surface area contributed by atoms with Crippen LogP contribution in [0.1, 0.15) is 5.56 Å². The highest BCUT2D eigenvalue weighted by Crippen LogP contribution is 2.37. The Labute approximate surface area is 266 Å². The molecular formula is C28H22ClF6N5O5S. The molecule has 244 valence electrons. The number of nitrogens with zero attached hydrogens (tertiary/aromatic N) is 2. The summed E-state index contributed by atoms with van der Waals surface area (Å²) in [4.78, 5) is 42.2. The van der Waals surface area contributed by atoms with Crippen molar-refractivity contribution >= 4 is 63.6 Å². The summed E-state index contributed by atoms with van der Waals surface area (Å²) in [5.74, 6) is -1.35. The van der Waals surface area contributed by atoms with E-state index in [1.54, 1.807) is 24.3 Å². The zero-order chi connectivity index (χ0) is 33.5. The highest BCUT2D eigenvalue weighted by Gasteiger charge is 2.34. The van der Waals surface area contributed by atoms with Gasteiger partial charge in [0.1, 0.15) is 11.5 Å². The zero-order valence-corrected chi connectivity index (χ0v) is 24.7. The summed E-state index contributed by atoms with van der Waals surface area (Å²) >= 11 is 6.92. The van der Waals surface area contributed by atoms with Gasteiger partial charge in [-0.25, -0.2) is 9.59 Å². The number of aliphatic imine (C=N–C) groups is 1. The maximum absolute atomic E-state index is 12.7. The van der Waals surface area contributed by atoms with E-state index in [9.17, 15) is 40.7 Å². The number of halogens is 7. The number of anilines is 3. The predicted octanol–water partition coefficient (Wildman–Crippen LogP) is 7.21. The third-order valence-electron chi connectivity index (χ3n) is 5.76. The van der Waals surface area contributed by atoms with E-state index in [1.165, 1.54) is 30.3 Å². The van der Waals surface area contributed by atoms with Crippen molar-refractivity contribution in [3.63, 3.8) is 0 Å². The molecule has 18 heteroatoms. The lowest BCUT2D eigenvalue weighted by atomic mass is 10.1. The van der Waals surface area contributed by atoms with Gasteiger partial charge < -0.3 is 25.4 Å². The number of amidine groups is 1. The second kappa shape index (κ2) is 14.6. The van der Waals surface area contributed by atoms with Crippen molar-refractivity contribution in [2.75, 3.05) is 34.4 Å². The highest BCUT2D eigenvalue weighted by molar-refractivity contribution is 8.15. The molecule has 4 rings (SSSR count). The van der Waals surface area contributed by atoms with E-state index in [4.69, 9.17) is 16.3 Å². The Hall–Kier alpha value is -4.64. The number of benzene rings is 3. The summed E-state index contributed by atoms with van der Waals surface area (Å²) < 4.78 is 83.6. The SMILES string of the molecule is O=C(/N=C1\SCC(=O)N1c1cc(Cl)ccc1OCC(F)(F)F)NCCc1ccc(NC(=O)Nc2ccc(OC(F)(F)F)cc2)cc1. The van der Waals surface area contributed by atoms with Crippen molar-refractivity contribution in [1.29, 1.82) is 0 Å². The predicted molar refractivity (Wildman–Crippen MR) is 160 cm³/mol. The molecule has 0 unspecified atom stereocenters. The number of thioether (sulfide) groups is 1. The van der Waals surface area contributed by atoms with Crippen LogP contribution in [0.4, 0.5) is 53.0 Å². The minimum atomic E-state index is -4.83. The monoisotopic (exact) mass is 689 g/mol. The average Bonchev–Trinajstić information content (AvgIpc) is 3.32. The molecule has 3 N–H and O–H groups in total. The van der Waals surface area contributed by atoms with Gasteiger partial charge in [-0.1, -0.05) is 35.5 Å². The fraction of sp³-hybridized carbons (Fsp3) is 0.214. The van der Waals surface area contributed by atoms with Crippen LogP contribution in [-0.2, 0) is 11.2 Å². The third kappa shape index (κ3) is 10.5. The highest BCUT2D eigenvalue weighted by atomic mass is 35.5. The van der Waals surface area contributed by atoms with Gasteiger partial charge in [0.2, 0.25) is 5.91 Å². The Kier molecular flexibility index (Phi) is 10.9. The van der Waals surface area contributed by atoms with Crippen molar-refractivity contribution in [2.24, 2.45) is 4.99 Å². The molecule has 0 bridgehead atoms. The zero-order valence-electron chi connectivity index (χ0n) is 23.2. The Balaban J connectivity index is 1.28. The molecule has 3 aromatic rings. The molecular weight excluding hydrogens is 668 g/mol. The van der Waals surface area contributed by atoms with Crippen LogP contribution in [0.15, 0.2) is 71.7 Å². The van der Waals surface area contributed by atoms with Crippen molar-refractivity contribution in [2.45, 2.75) is 19.0 Å². The van der Waals surface area contributed by atoms with Crippen molar-refractivity contribution in [3.05, 3.63) is 77.3 Å².